The fourth-order valence-electron chi connectivity index (χ4n) is 1.56. The van der Waals surface area contributed by atoms with E-state index in [-0.39, 0.29) is 11.7 Å². The molecule has 0 unspecified atom stereocenters. The van der Waals surface area contributed by atoms with Gasteiger partial charge in [-0.15, -0.1) is 0 Å². The number of aryl methyl sites for hydroxylation is 1. The molecule has 0 aliphatic rings. The zero-order valence-corrected chi connectivity index (χ0v) is 10.2. The van der Waals surface area contributed by atoms with Crippen LogP contribution in [0.4, 0.5) is 4.39 Å². The predicted molar refractivity (Wildman–Crippen MR) is 65.5 cm³/mol. The molecule has 0 aliphatic carbocycles. The summed E-state index contributed by atoms with van der Waals surface area (Å²) >= 11 is 0. The van der Waals surface area contributed by atoms with Gasteiger partial charge in [0.2, 0.25) is 0 Å². The van der Waals surface area contributed by atoms with Crippen LogP contribution in [0, 0.1) is 12.7 Å². The average molecular weight is 239 g/mol. The Hall–Kier alpha value is -1.62. The van der Waals surface area contributed by atoms with Gasteiger partial charge in [0, 0.05) is 19.5 Å². The molecule has 1 aromatic rings. The smallest absolute Gasteiger partial charge is 0.140 e. The fraction of sp³-hybridized carbons (Fsp3) is 0.417. The number of amidine groups is 1. The molecule has 0 saturated carbocycles. The van der Waals surface area contributed by atoms with Gasteiger partial charge in [-0.3, -0.25) is 0 Å². The first-order valence-electron chi connectivity index (χ1n) is 5.43. The van der Waals surface area contributed by atoms with Crippen LogP contribution in [0.2, 0.25) is 0 Å². The standard InChI is InChI=1S/C12H18FN3O/c1-9-7-11(13)4-3-10(9)8-16(2)6-5-12(14)15-17/h3-4,7,17H,5-6,8H2,1-2H3,(H2,14,15). The Balaban J connectivity index is 2.53. The third-order valence-electron chi connectivity index (χ3n) is 2.62. The van der Waals surface area contributed by atoms with Crippen LogP contribution in [-0.4, -0.2) is 29.5 Å². The van der Waals surface area contributed by atoms with E-state index in [1.807, 2.05) is 18.9 Å². The number of hydrogen-bond acceptors (Lipinski definition) is 3. The number of nitrogens with two attached hydrogens (primary N) is 1. The van der Waals surface area contributed by atoms with Gasteiger partial charge < -0.3 is 15.8 Å². The molecule has 1 rings (SSSR count). The molecule has 4 nitrogen and oxygen atoms in total. The molecule has 0 radical (unpaired) electrons. The van der Waals surface area contributed by atoms with Crippen molar-refractivity contribution in [3.63, 3.8) is 0 Å². The molecule has 0 atom stereocenters. The van der Waals surface area contributed by atoms with E-state index >= 15 is 0 Å². The Kier molecular flexibility index (Phi) is 4.90. The number of oxime groups is 1. The first-order valence-corrected chi connectivity index (χ1v) is 5.43. The zero-order valence-electron chi connectivity index (χ0n) is 10.2. The van der Waals surface area contributed by atoms with Crippen molar-refractivity contribution in [3.8, 4) is 0 Å². The summed E-state index contributed by atoms with van der Waals surface area (Å²) in [6.45, 7) is 3.29. The molecule has 1 aromatic carbocycles. The lowest BCUT2D eigenvalue weighted by Gasteiger charge is -2.17. The Bertz CT molecular complexity index is 407. The molecule has 0 aliphatic heterocycles. The Labute approximate surface area is 101 Å². The van der Waals surface area contributed by atoms with E-state index in [4.69, 9.17) is 10.9 Å². The quantitative estimate of drug-likeness (QED) is 0.356. The summed E-state index contributed by atoms with van der Waals surface area (Å²) in [7, 11) is 1.94. The van der Waals surface area contributed by atoms with E-state index in [9.17, 15) is 4.39 Å². The van der Waals surface area contributed by atoms with Gasteiger partial charge in [-0.05, 0) is 37.2 Å². The number of nitrogens with zero attached hydrogens (tertiary/aromatic N) is 2. The summed E-state index contributed by atoms with van der Waals surface area (Å²) < 4.78 is 12.9. The topological polar surface area (TPSA) is 61.8 Å². The van der Waals surface area contributed by atoms with Gasteiger partial charge in [-0.1, -0.05) is 11.2 Å². The van der Waals surface area contributed by atoms with Crippen molar-refractivity contribution in [1.82, 2.24) is 4.90 Å². The summed E-state index contributed by atoms with van der Waals surface area (Å²) in [6, 6.07) is 4.76. The SMILES string of the molecule is Cc1cc(F)ccc1CN(C)CC/C(N)=N/O. The first kappa shape index (κ1) is 13.4. The summed E-state index contributed by atoms with van der Waals surface area (Å²) in [4.78, 5) is 2.04. The average Bonchev–Trinajstić information content (AvgIpc) is 2.29. The van der Waals surface area contributed by atoms with Crippen LogP contribution in [0.1, 0.15) is 17.5 Å². The van der Waals surface area contributed by atoms with Crippen molar-refractivity contribution in [3.05, 3.63) is 35.1 Å². The minimum atomic E-state index is -0.217. The van der Waals surface area contributed by atoms with Crippen LogP contribution in [0.15, 0.2) is 23.4 Å². The molecule has 94 valence electrons. The van der Waals surface area contributed by atoms with E-state index in [0.717, 1.165) is 11.1 Å². The molecule has 3 N–H and O–H groups in total. The first-order chi connectivity index (χ1) is 8.02. The lowest BCUT2D eigenvalue weighted by atomic mass is 10.1. The van der Waals surface area contributed by atoms with Crippen molar-refractivity contribution < 1.29 is 9.60 Å². The van der Waals surface area contributed by atoms with E-state index in [0.29, 0.717) is 19.5 Å². The molecule has 5 heteroatoms. The highest BCUT2D eigenvalue weighted by atomic mass is 19.1. The molecule has 0 amide bonds. The summed E-state index contributed by atoms with van der Waals surface area (Å²) in [6.07, 6.45) is 0.507. The largest absolute Gasteiger partial charge is 0.409 e. The van der Waals surface area contributed by atoms with Crippen LogP contribution < -0.4 is 5.73 Å². The van der Waals surface area contributed by atoms with Crippen LogP contribution in [0.3, 0.4) is 0 Å². The van der Waals surface area contributed by atoms with Gasteiger partial charge in [0.1, 0.15) is 11.7 Å². The molecular formula is C12H18FN3O. The van der Waals surface area contributed by atoms with Crippen molar-refractivity contribution in [2.24, 2.45) is 10.9 Å². The van der Waals surface area contributed by atoms with Crippen molar-refractivity contribution in [1.29, 1.82) is 0 Å². The Morgan fingerprint density at radius 3 is 2.82 bits per heavy atom. The Morgan fingerprint density at radius 2 is 2.24 bits per heavy atom. The molecule has 0 spiro atoms. The number of hydrogen-bond donors (Lipinski definition) is 2. The van der Waals surface area contributed by atoms with Gasteiger partial charge in [0.05, 0.1) is 0 Å². The summed E-state index contributed by atoms with van der Waals surface area (Å²) in [5.74, 6) is -0.00163. The summed E-state index contributed by atoms with van der Waals surface area (Å²) in [5.41, 5.74) is 7.40. The summed E-state index contributed by atoms with van der Waals surface area (Å²) in [5, 5.41) is 11.3. The van der Waals surface area contributed by atoms with Crippen molar-refractivity contribution >= 4 is 5.84 Å². The molecule has 0 bridgehead atoms. The molecule has 0 heterocycles. The van der Waals surface area contributed by atoms with E-state index < -0.39 is 0 Å². The van der Waals surface area contributed by atoms with E-state index in [1.165, 1.54) is 12.1 Å². The lowest BCUT2D eigenvalue weighted by Crippen LogP contribution is -2.24. The number of halogens is 1. The van der Waals surface area contributed by atoms with E-state index in [1.54, 1.807) is 6.07 Å². The Morgan fingerprint density at radius 1 is 1.53 bits per heavy atom. The van der Waals surface area contributed by atoms with Crippen molar-refractivity contribution in [2.45, 2.75) is 19.9 Å². The van der Waals surface area contributed by atoms with Crippen molar-refractivity contribution in [2.75, 3.05) is 13.6 Å². The fourth-order valence-corrected chi connectivity index (χ4v) is 1.56. The van der Waals surface area contributed by atoms with Gasteiger partial charge in [0.25, 0.3) is 0 Å². The van der Waals surface area contributed by atoms with Gasteiger partial charge in [0.15, 0.2) is 0 Å². The maximum Gasteiger partial charge on any atom is 0.140 e. The van der Waals surface area contributed by atoms with E-state index in [2.05, 4.69) is 5.16 Å². The maximum absolute atomic E-state index is 12.9. The van der Waals surface area contributed by atoms with Crippen LogP contribution in [-0.2, 0) is 6.54 Å². The second kappa shape index (κ2) is 6.20. The minimum absolute atomic E-state index is 0.215. The number of rotatable bonds is 5. The second-order valence-corrected chi connectivity index (χ2v) is 4.15. The normalized spacial score (nSPS) is 12.1. The number of benzene rings is 1. The van der Waals surface area contributed by atoms with Gasteiger partial charge in [-0.2, -0.15) is 0 Å². The highest BCUT2D eigenvalue weighted by molar-refractivity contribution is 5.79. The third kappa shape index (κ3) is 4.40. The second-order valence-electron chi connectivity index (χ2n) is 4.15. The molecule has 0 saturated heterocycles. The molecule has 17 heavy (non-hydrogen) atoms. The monoisotopic (exact) mass is 239 g/mol. The van der Waals surface area contributed by atoms with Crippen LogP contribution in [0.5, 0.6) is 0 Å². The van der Waals surface area contributed by atoms with Gasteiger partial charge in [-0.25, -0.2) is 4.39 Å². The molecular weight excluding hydrogens is 221 g/mol. The molecule has 0 aromatic heterocycles. The van der Waals surface area contributed by atoms with Crippen LogP contribution >= 0.6 is 0 Å². The molecule has 0 fully saturated rings. The van der Waals surface area contributed by atoms with Crippen LogP contribution in [0.25, 0.3) is 0 Å². The van der Waals surface area contributed by atoms with Gasteiger partial charge >= 0.3 is 0 Å². The highest BCUT2D eigenvalue weighted by Gasteiger charge is 2.05. The maximum atomic E-state index is 12.9. The predicted octanol–water partition coefficient (Wildman–Crippen LogP) is 1.70. The zero-order chi connectivity index (χ0) is 12.8. The third-order valence-corrected chi connectivity index (χ3v) is 2.62. The highest BCUT2D eigenvalue weighted by Crippen LogP contribution is 2.12. The lowest BCUT2D eigenvalue weighted by molar-refractivity contribution is 0.309. The minimum Gasteiger partial charge on any atom is -0.409 e.